The molecule has 0 rings (SSSR count). The zero-order valence-corrected chi connectivity index (χ0v) is 8.58. The second kappa shape index (κ2) is 7.32. The summed E-state index contributed by atoms with van der Waals surface area (Å²) < 4.78 is 4.88. The van der Waals surface area contributed by atoms with Gasteiger partial charge in [0.2, 0.25) is 0 Å². The molecular weight excluding hydrogens is 186 g/mol. The zero-order chi connectivity index (χ0) is 11.0. The van der Waals surface area contributed by atoms with Gasteiger partial charge in [0, 0.05) is 13.1 Å². The first-order valence-electron chi connectivity index (χ1n) is 4.64. The number of rotatable bonds is 7. The molecule has 0 fully saturated rings. The lowest BCUT2D eigenvalue weighted by Crippen LogP contribution is -2.23. The van der Waals surface area contributed by atoms with Crippen LogP contribution in [0.15, 0.2) is 0 Å². The molecule has 5 heteroatoms. The molecule has 0 aromatic rings. The minimum atomic E-state index is -0.845. The standard InChI is InChI=1S/C9H17NO4/c1-7(2)14-9(13)4-6-10-5-3-8(11)12/h7,10H,3-6H2,1-2H3,(H,11,12). The summed E-state index contributed by atoms with van der Waals surface area (Å²) in [6.07, 6.45) is 0.248. The highest BCUT2D eigenvalue weighted by atomic mass is 16.5. The highest BCUT2D eigenvalue weighted by Gasteiger charge is 2.04. The number of esters is 1. The summed E-state index contributed by atoms with van der Waals surface area (Å²) in [6.45, 7) is 4.41. The van der Waals surface area contributed by atoms with E-state index in [1.54, 1.807) is 13.8 Å². The molecule has 0 saturated heterocycles. The number of aliphatic carboxylic acids is 1. The first kappa shape index (κ1) is 12.9. The predicted molar refractivity (Wildman–Crippen MR) is 51.0 cm³/mol. The summed E-state index contributed by atoms with van der Waals surface area (Å²) in [5.41, 5.74) is 0. The maximum Gasteiger partial charge on any atom is 0.307 e. The normalized spacial score (nSPS) is 10.2. The maximum atomic E-state index is 11.0. The number of carbonyl (C=O) groups is 2. The van der Waals surface area contributed by atoms with Crippen LogP contribution in [0.1, 0.15) is 26.7 Å². The largest absolute Gasteiger partial charge is 0.481 e. The number of nitrogens with one attached hydrogen (secondary N) is 1. The van der Waals surface area contributed by atoms with Crippen molar-refractivity contribution in [3.63, 3.8) is 0 Å². The second-order valence-electron chi connectivity index (χ2n) is 3.18. The predicted octanol–water partition coefficient (Wildman–Crippen LogP) is 0.392. The molecule has 82 valence electrons. The highest BCUT2D eigenvalue weighted by molar-refractivity contribution is 5.69. The molecule has 0 aromatic heterocycles. The third kappa shape index (κ3) is 8.99. The fourth-order valence-electron chi connectivity index (χ4n) is 0.833. The lowest BCUT2D eigenvalue weighted by molar-refractivity contribution is -0.147. The van der Waals surface area contributed by atoms with E-state index in [9.17, 15) is 9.59 Å². The van der Waals surface area contributed by atoms with E-state index < -0.39 is 5.97 Å². The van der Waals surface area contributed by atoms with Crippen LogP contribution >= 0.6 is 0 Å². The number of hydrogen-bond acceptors (Lipinski definition) is 4. The summed E-state index contributed by atoms with van der Waals surface area (Å²) in [7, 11) is 0. The van der Waals surface area contributed by atoms with Gasteiger partial charge in [-0.1, -0.05) is 0 Å². The third-order valence-electron chi connectivity index (χ3n) is 1.39. The molecule has 0 aliphatic carbocycles. The second-order valence-corrected chi connectivity index (χ2v) is 3.18. The first-order chi connectivity index (χ1) is 6.52. The fourth-order valence-corrected chi connectivity index (χ4v) is 0.833. The van der Waals surface area contributed by atoms with Crippen molar-refractivity contribution in [2.75, 3.05) is 13.1 Å². The van der Waals surface area contributed by atoms with Crippen LogP contribution in [-0.4, -0.2) is 36.2 Å². The van der Waals surface area contributed by atoms with Crippen molar-refractivity contribution in [2.45, 2.75) is 32.8 Å². The molecule has 0 heterocycles. The molecule has 0 unspecified atom stereocenters. The van der Waals surface area contributed by atoms with E-state index in [-0.39, 0.29) is 24.9 Å². The van der Waals surface area contributed by atoms with Gasteiger partial charge in [-0.05, 0) is 13.8 Å². The van der Waals surface area contributed by atoms with Crippen LogP contribution in [0.5, 0.6) is 0 Å². The van der Waals surface area contributed by atoms with Crippen molar-refractivity contribution in [1.82, 2.24) is 5.32 Å². The van der Waals surface area contributed by atoms with Crippen LogP contribution in [0.3, 0.4) is 0 Å². The molecule has 0 radical (unpaired) electrons. The van der Waals surface area contributed by atoms with Crippen molar-refractivity contribution in [1.29, 1.82) is 0 Å². The molecule has 0 spiro atoms. The van der Waals surface area contributed by atoms with E-state index in [1.165, 1.54) is 0 Å². The van der Waals surface area contributed by atoms with Gasteiger partial charge < -0.3 is 15.2 Å². The third-order valence-corrected chi connectivity index (χ3v) is 1.39. The molecule has 0 aliphatic rings. The summed E-state index contributed by atoms with van der Waals surface area (Å²) >= 11 is 0. The highest BCUT2D eigenvalue weighted by Crippen LogP contribution is 1.91. The van der Waals surface area contributed by atoms with E-state index in [1.807, 2.05) is 0 Å². The first-order valence-corrected chi connectivity index (χ1v) is 4.64. The summed E-state index contributed by atoms with van der Waals surface area (Å²) in [5.74, 6) is -1.11. The van der Waals surface area contributed by atoms with Gasteiger partial charge >= 0.3 is 11.9 Å². The van der Waals surface area contributed by atoms with E-state index in [0.717, 1.165) is 0 Å². The van der Waals surface area contributed by atoms with Gasteiger partial charge in [-0.2, -0.15) is 0 Å². The van der Waals surface area contributed by atoms with Crippen LogP contribution < -0.4 is 5.32 Å². The Hall–Kier alpha value is -1.10. The van der Waals surface area contributed by atoms with Crippen molar-refractivity contribution >= 4 is 11.9 Å². The Morgan fingerprint density at radius 3 is 2.36 bits per heavy atom. The van der Waals surface area contributed by atoms with Gasteiger partial charge in [0.05, 0.1) is 18.9 Å². The molecule has 0 aliphatic heterocycles. The van der Waals surface area contributed by atoms with Crippen LogP contribution in [-0.2, 0) is 14.3 Å². The van der Waals surface area contributed by atoms with Crippen molar-refractivity contribution in [3.05, 3.63) is 0 Å². The van der Waals surface area contributed by atoms with Gasteiger partial charge in [0.15, 0.2) is 0 Å². The van der Waals surface area contributed by atoms with Crippen LogP contribution in [0.25, 0.3) is 0 Å². The Morgan fingerprint density at radius 1 is 1.29 bits per heavy atom. The van der Waals surface area contributed by atoms with E-state index >= 15 is 0 Å². The van der Waals surface area contributed by atoms with Crippen molar-refractivity contribution in [2.24, 2.45) is 0 Å². The summed E-state index contributed by atoms with van der Waals surface area (Å²) in [5, 5.41) is 11.1. The van der Waals surface area contributed by atoms with Gasteiger partial charge in [-0.25, -0.2) is 0 Å². The number of hydrogen-bond donors (Lipinski definition) is 2. The van der Waals surface area contributed by atoms with Gasteiger partial charge in [-0.15, -0.1) is 0 Å². The topological polar surface area (TPSA) is 75.6 Å². The molecule has 14 heavy (non-hydrogen) atoms. The molecule has 2 N–H and O–H groups in total. The Kier molecular flexibility index (Phi) is 6.74. The van der Waals surface area contributed by atoms with E-state index in [2.05, 4.69) is 5.32 Å². The summed E-state index contributed by atoms with van der Waals surface area (Å²) in [6, 6.07) is 0. The molecule has 0 bridgehead atoms. The minimum Gasteiger partial charge on any atom is -0.481 e. The average Bonchev–Trinajstić information content (AvgIpc) is 2.01. The molecule has 0 atom stereocenters. The Bertz CT molecular complexity index is 191. The van der Waals surface area contributed by atoms with Gasteiger partial charge in [0.25, 0.3) is 0 Å². The molecule has 0 saturated carbocycles. The quantitative estimate of drug-likeness (QED) is 0.462. The zero-order valence-electron chi connectivity index (χ0n) is 8.58. The van der Waals surface area contributed by atoms with Gasteiger partial charge in [-0.3, -0.25) is 9.59 Å². The number of carboxylic acid groups (broad SMARTS) is 1. The Morgan fingerprint density at radius 2 is 1.86 bits per heavy atom. The summed E-state index contributed by atoms with van der Waals surface area (Å²) in [4.78, 5) is 21.1. The fraction of sp³-hybridized carbons (Fsp3) is 0.778. The average molecular weight is 203 g/mol. The van der Waals surface area contributed by atoms with Crippen LogP contribution in [0, 0.1) is 0 Å². The molecular formula is C9H17NO4. The maximum absolute atomic E-state index is 11.0. The van der Waals surface area contributed by atoms with Crippen molar-refractivity contribution in [3.8, 4) is 0 Å². The molecule has 5 nitrogen and oxygen atoms in total. The lowest BCUT2D eigenvalue weighted by Gasteiger charge is -2.07. The van der Waals surface area contributed by atoms with E-state index in [4.69, 9.17) is 9.84 Å². The number of ether oxygens (including phenoxy) is 1. The number of carboxylic acids is 1. The van der Waals surface area contributed by atoms with Crippen LogP contribution in [0.4, 0.5) is 0 Å². The Balaban J connectivity index is 3.27. The Labute approximate surface area is 83.4 Å². The van der Waals surface area contributed by atoms with Crippen LogP contribution in [0.2, 0.25) is 0 Å². The minimum absolute atomic E-state index is 0.0687. The van der Waals surface area contributed by atoms with Crippen molar-refractivity contribution < 1.29 is 19.4 Å². The van der Waals surface area contributed by atoms with Gasteiger partial charge in [0.1, 0.15) is 0 Å². The molecule has 0 aromatic carbocycles. The molecule has 0 amide bonds. The SMILES string of the molecule is CC(C)OC(=O)CCNCCC(=O)O. The lowest BCUT2D eigenvalue weighted by atomic mass is 10.4. The van der Waals surface area contributed by atoms with E-state index in [0.29, 0.717) is 13.1 Å². The monoisotopic (exact) mass is 203 g/mol. The number of carbonyl (C=O) groups excluding carboxylic acids is 1. The smallest absolute Gasteiger partial charge is 0.307 e.